The molecule has 0 fully saturated rings. The first-order valence-electron chi connectivity index (χ1n) is 6.87. The van der Waals surface area contributed by atoms with Gasteiger partial charge in [0.15, 0.2) is 0 Å². The highest BCUT2D eigenvalue weighted by Gasteiger charge is 2.15. The smallest absolute Gasteiger partial charge is 0.303 e. The molecule has 0 heterocycles. The normalized spacial score (nSPS) is 11.9. The molecule has 4 nitrogen and oxygen atoms in total. The highest BCUT2D eigenvalue weighted by Crippen LogP contribution is 2.14. The molecule has 0 rings (SSSR count). The Kier molecular flexibility index (Phi) is 9.60. The number of aliphatic carboxylic acids is 1. The number of nitrogens with one attached hydrogen (secondary N) is 1. The van der Waals surface area contributed by atoms with Gasteiger partial charge in [-0.3, -0.25) is 9.59 Å². The van der Waals surface area contributed by atoms with Gasteiger partial charge < -0.3 is 10.4 Å². The maximum atomic E-state index is 11.6. The Bertz CT molecular complexity index is 318. The first kappa shape index (κ1) is 17.5. The van der Waals surface area contributed by atoms with E-state index in [4.69, 9.17) is 11.5 Å². The Hall–Kier alpha value is -1.50. The van der Waals surface area contributed by atoms with Crippen LogP contribution >= 0.6 is 0 Å². The number of hydrogen-bond donors (Lipinski definition) is 2. The molecule has 0 saturated heterocycles. The van der Waals surface area contributed by atoms with E-state index in [1.165, 1.54) is 0 Å². The van der Waals surface area contributed by atoms with Crippen molar-refractivity contribution in [1.29, 1.82) is 0 Å². The first-order chi connectivity index (χ1) is 8.95. The van der Waals surface area contributed by atoms with E-state index < -0.39 is 5.97 Å². The first-order valence-corrected chi connectivity index (χ1v) is 6.87. The molecular weight excluding hydrogens is 242 g/mol. The zero-order chi connectivity index (χ0) is 14.7. The SMILES string of the molecule is C#CCCCCC(=O)NCC(CC(=O)O)CC(C)C. The number of unbranched alkanes of at least 4 members (excludes halogenated alkanes) is 2. The van der Waals surface area contributed by atoms with Gasteiger partial charge in [0.25, 0.3) is 0 Å². The van der Waals surface area contributed by atoms with Crippen molar-refractivity contribution in [3.05, 3.63) is 0 Å². The van der Waals surface area contributed by atoms with Gasteiger partial charge in [-0.05, 0) is 31.1 Å². The van der Waals surface area contributed by atoms with Crippen LogP contribution < -0.4 is 5.32 Å². The van der Waals surface area contributed by atoms with Crippen LogP contribution in [-0.2, 0) is 9.59 Å². The molecule has 1 atom stereocenters. The zero-order valence-corrected chi connectivity index (χ0v) is 11.9. The van der Waals surface area contributed by atoms with Crippen molar-refractivity contribution >= 4 is 11.9 Å². The number of carbonyl (C=O) groups is 2. The molecule has 0 aliphatic carbocycles. The van der Waals surface area contributed by atoms with E-state index in [1.54, 1.807) is 0 Å². The summed E-state index contributed by atoms with van der Waals surface area (Å²) in [7, 11) is 0. The summed E-state index contributed by atoms with van der Waals surface area (Å²) in [6.07, 6.45) is 8.84. The van der Waals surface area contributed by atoms with E-state index in [1.807, 2.05) is 0 Å². The topological polar surface area (TPSA) is 66.4 Å². The molecule has 0 aromatic rings. The monoisotopic (exact) mass is 267 g/mol. The fourth-order valence-electron chi connectivity index (χ4n) is 2.01. The van der Waals surface area contributed by atoms with Gasteiger partial charge in [0.05, 0.1) is 0 Å². The predicted molar refractivity (Wildman–Crippen MR) is 75.5 cm³/mol. The number of terminal acetylenes is 1. The third kappa shape index (κ3) is 11.3. The zero-order valence-electron chi connectivity index (χ0n) is 11.9. The Labute approximate surface area is 116 Å². The van der Waals surface area contributed by atoms with Gasteiger partial charge in [-0.2, -0.15) is 0 Å². The fourth-order valence-corrected chi connectivity index (χ4v) is 2.01. The van der Waals surface area contributed by atoms with Crippen LogP contribution in [0, 0.1) is 24.2 Å². The van der Waals surface area contributed by atoms with Gasteiger partial charge in [-0.15, -0.1) is 12.3 Å². The molecule has 0 radical (unpaired) electrons. The third-order valence-electron chi connectivity index (χ3n) is 2.83. The van der Waals surface area contributed by atoms with Crippen molar-refractivity contribution < 1.29 is 14.7 Å². The Balaban J connectivity index is 3.92. The minimum absolute atomic E-state index is 0.00663. The van der Waals surface area contributed by atoms with Crippen LogP contribution in [0.25, 0.3) is 0 Å². The number of amides is 1. The van der Waals surface area contributed by atoms with Crippen molar-refractivity contribution in [1.82, 2.24) is 5.32 Å². The van der Waals surface area contributed by atoms with Crippen molar-refractivity contribution in [3.8, 4) is 12.3 Å². The molecule has 108 valence electrons. The second-order valence-corrected chi connectivity index (χ2v) is 5.31. The van der Waals surface area contributed by atoms with Crippen LogP contribution in [0.1, 0.15) is 52.4 Å². The van der Waals surface area contributed by atoms with Gasteiger partial charge in [0, 0.05) is 25.8 Å². The highest BCUT2D eigenvalue weighted by molar-refractivity contribution is 5.75. The Morgan fingerprint density at radius 1 is 1.32 bits per heavy atom. The maximum absolute atomic E-state index is 11.6. The summed E-state index contributed by atoms with van der Waals surface area (Å²) in [6, 6.07) is 0. The molecule has 0 aliphatic heterocycles. The fraction of sp³-hybridized carbons (Fsp3) is 0.733. The summed E-state index contributed by atoms with van der Waals surface area (Å²) in [5, 5.41) is 11.6. The average molecular weight is 267 g/mol. The summed E-state index contributed by atoms with van der Waals surface area (Å²) < 4.78 is 0. The van der Waals surface area contributed by atoms with Crippen LogP contribution in [0.3, 0.4) is 0 Å². The molecule has 1 unspecified atom stereocenters. The lowest BCUT2D eigenvalue weighted by Crippen LogP contribution is -2.30. The van der Waals surface area contributed by atoms with Crippen LogP contribution in [-0.4, -0.2) is 23.5 Å². The molecule has 4 heteroatoms. The van der Waals surface area contributed by atoms with Crippen molar-refractivity contribution in [2.24, 2.45) is 11.8 Å². The van der Waals surface area contributed by atoms with E-state index in [0.717, 1.165) is 19.3 Å². The maximum Gasteiger partial charge on any atom is 0.303 e. The third-order valence-corrected chi connectivity index (χ3v) is 2.83. The van der Waals surface area contributed by atoms with Crippen LogP contribution in [0.15, 0.2) is 0 Å². The number of hydrogen-bond acceptors (Lipinski definition) is 2. The van der Waals surface area contributed by atoms with Gasteiger partial charge in [0.1, 0.15) is 0 Å². The summed E-state index contributed by atoms with van der Waals surface area (Å²) in [6.45, 7) is 4.55. The molecule has 19 heavy (non-hydrogen) atoms. The second kappa shape index (κ2) is 10.4. The van der Waals surface area contributed by atoms with Gasteiger partial charge in [-0.25, -0.2) is 0 Å². The second-order valence-electron chi connectivity index (χ2n) is 5.31. The van der Waals surface area contributed by atoms with E-state index in [-0.39, 0.29) is 18.2 Å². The number of carbonyl (C=O) groups excluding carboxylic acids is 1. The van der Waals surface area contributed by atoms with Crippen molar-refractivity contribution in [2.75, 3.05) is 6.54 Å². The molecule has 0 aliphatic rings. The molecule has 0 aromatic heterocycles. The molecule has 0 bridgehead atoms. The number of rotatable bonds is 10. The summed E-state index contributed by atoms with van der Waals surface area (Å²) >= 11 is 0. The van der Waals surface area contributed by atoms with Gasteiger partial charge in [-0.1, -0.05) is 13.8 Å². The van der Waals surface area contributed by atoms with Crippen LogP contribution in [0.4, 0.5) is 0 Å². The minimum atomic E-state index is -0.811. The average Bonchev–Trinajstić information content (AvgIpc) is 2.30. The minimum Gasteiger partial charge on any atom is -0.481 e. The lowest BCUT2D eigenvalue weighted by Gasteiger charge is -2.17. The quantitative estimate of drug-likeness (QED) is 0.472. The standard InChI is InChI=1S/C15H25NO3/c1-4-5-6-7-8-14(17)16-11-13(9-12(2)3)10-15(18)19/h1,12-13H,5-11H2,2-3H3,(H,16,17)(H,18,19). The van der Waals surface area contributed by atoms with E-state index in [2.05, 4.69) is 25.1 Å². The van der Waals surface area contributed by atoms with E-state index in [9.17, 15) is 9.59 Å². The number of carboxylic acids is 1. The predicted octanol–water partition coefficient (Wildman–Crippen LogP) is 2.43. The lowest BCUT2D eigenvalue weighted by molar-refractivity contribution is -0.138. The lowest BCUT2D eigenvalue weighted by atomic mass is 9.94. The molecule has 0 aromatic carbocycles. The molecule has 0 saturated carbocycles. The highest BCUT2D eigenvalue weighted by atomic mass is 16.4. The van der Waals surface area contributed by atoms with E-state index in [0.29, 0.717) is 25.3 Å². The van der Waals surface area contributed by atoms with E-state index >= 15 is 0 Å². The molecule has 2 N–H and O–H groups in total. The molecule has 0 spiro atoms. The van der Waals surface area contributed by atoms with Crippen molar-refractivity contribution in [2.45, 2.75) is 52.4 Å². The summed E-state index contributed by atoms with van der Waals surface area (Å²) in [4.78, 5) is 22.3. The van der Waals surface area contributed by atoms with Crippen molar-refractivity contribution in [3.63, 3.8) is 0 Å². The largest absolute Gasteiger partial charge is 0.481 e. The summed E-state index contributed by atoms with van der Waals surface area (Å²) in [5.74, 6) is 2.14. The number of carboxylic acid groups (broad SMARTS) is 1. The van der Waals surface area contributed by atoms with Gasteiger partial charge >= 0.3 is 5.97 Å². The van der Waals surface area contributed by atoms with Crippen LogP contribution in [0.5, 0.6) is 0 Å². The molecule has 1 amide bonds. The summed E-state index contributed by atoms with van der Waals surface area (Å²) in [5.41, 5.74) is 0. The Morgan fingerprint density at radius 2 is 2.00 bits per heavy atom. The van der Waals surface area contributed by atoms with Crippen LogP contribution in [0.2, 0.25) is 0 Å². The molecular formula is C15H25NO3. The Morgan fingerprint density at radius 3 is 2.53 bits per heavy atom. The van der Waals surface area contributed by atoms with Gasteiger partial charge in [0.2, 0.25) is 5.91 Å².